The molecule has 3 aromatic carbocycles. The Morgan fingerprint density at radius 2 is 1.69 bits per heavy atom. The Bertz CT molecular complexity index is 1620. The molecule has 2 amide bonds. The molecule has 45 heavy (non-hydrogen) atoms. The van der Waals surface area contributed by atoms with Gasteiger partial charge >= 0.3 is 0 Å². The Labute approximate surface area is 275 Å². The number of carbonyl (C=O) groups excluding carboxylic acids is 2. The van der Waals surface area contributed by atoms with Crippen molar-refractivity contribution in [1.82, 2.24) is 15.1 Å². The largest absolute Gasteiger partial charge is 0.490 e. The first-order valence-corrected chi connectivity index (χ1v) is 16.4. The van der Waals surface area contributed by atoms with Gasteiger partial charge in [0.2, 0.25) is 5.91 Å². The number of fused-ring (bicyclic) bond motifs is 2. The number of rotatable bonds is 10. The normalized spacial score (nSPS) is 19.4. The van der Waals surface area contributed by atoms with E-state index < -0.39 is 0 Å². The molecule has 2 aliphatic heterocycles. The quantitative estimate of drug-likeness (QED) is 0.251. The Kier molecular flexibility index (Phi) is 9.41. The topological polar surface area (TPSA) is 71.1 Å². The van der Waals surface area contributed by atoms with Gasteiger partial charge in [0, 0.05) is 44.2 Å². The number of ether oxygens (including phenoxy) is 2. The van der Waals surface area contributed by atoms with Gasteiger partial charge in [-0.2, -0.15) is 0 Å². The van der Waals surface area contributed by atoms with Crippen molar-refractivity contribution in [2.45, 2.75) is 64.7 Å². The Hall–Kier alpha value is -3.52. The summed E-state index contributed by atoms with van der Waals surface area (Å²) in [4.78, 5) is 31.0. The van der Waals surface area contributed by atoms with Gasteiger partial charge in [-0.1, -0.05) is 59.6 Å². The molecule has 7 nitrogen and oxygen atoms in total. The Balaban J connectivity index is 1.24. The Morgan fingerprint density at radius 3 is 2.42 bits per heavy atom. The number of amides is 2. The van der Waals surface area contributed by atoms with E-state index in [9.17, 15) is 9.59 Å². The molecule has 3 aromatic rings. The zero-order chi connectivity index (χ0) is 31.7. The van der Waals surface area contributed by atoms with E-state index in [0.717, 1.165) is 29.6 Å². The predicted molar refractivity (Wildman–Crippen MR) is 178 cm³/mol. The minimum atomic E-state index is -0.227. The van der Waals surface area contributed by atoms with Gasteiger partial charge in [0.15, 0.2) is 0 Å². The molecular formula is C36H39Cl2N3O4. The fourth-order valence-electron chi connectivity index (χ4n) is 6.36. The molecule has 2 fully saturated rings. The van der Waals surface area contributed by atoms with Crippen molar-refractivity contribution < 1.29 is 19.1 Å². The van der Waals surface area contributed by atoms with Crippen LogP contribution in [-0.4, -0.2) is 66.0 Å². The highest BCUT2D eigenvalue weighted by atomic mass is 35.5. The second-order valence-electron chi connectivity index (χ2n) is 12.2. The number of aryl methyl sites for hydroxylation is 1. The molecule has 0 spiro atoms. The number of halogens is 2. The lowest BCUT2D eigenvalue weighted by molar-refractivity contribution is -0.132. The van der Waals surface area contributed by atoms with Crippen molar-refractivity contribution in [1.29, 1.82) is 0 Å². The highest BCUT2D eigenvalue weighted by Gasteiger charge is 2.43. The molecule has 236 valence electrons. The minimum Gasteiger partial charge on any atom is -0.490 e. The van der Waals surface area contributed by atoms with Crippen LogP contribution in [0.3, 0.4) is 0 Å². The third-order valence-electron chi connectivity index (χ3n) is 9.12. The van der Waals surface area contributed by atoms with Crippen LogP contribution >= 0.6 is 23.2 Å². The van der Waals surface area contributed by atoms with Crippen LogP contribution in [0.5, 0.6) is 11.5 Å². The van der Waals surface area contributed by atoms with Crippen molar-refractivity contribution >= 4 is 40.6 Å². The zero-order valence-electron chi connectivity index (χ0n) is 25.9. The average molecular weight is 649 g/mol. The van der Waals surface area contributed by atoms with E-state index in [2.05, 4.69) is 42.3 Å². The van der Waals surface area contributed by atoms with Gasteiger partial charge in [-0.25, -0.2) is 0 Å². The number of carbonyl (C=O) groups is 2. The molecule has 6 rings (SSSR count). The SMILES string of the molecule is CC(=O)N1C[C@H]2CC(c3ccc(OCCOc4cccc(Cl)c4Cl)cc3)=C(C(=O)N(Cc3cccc(C)c3C)C3CC3)[C@@H](C1)N2. The molecular weight excluding hydrogens is 609 g/mol. The van der Waals surface area contributed by atoms with Gasteiger partial charge in [0.1, 0.15) is 29.7 Å². The molecule has 9 heteroatoms. The smallest absolute Gasteiger partial charge is 0.252 e. The third-order valence-corrected chi connectivity index (χ3v) is 9.92. The van der Waals surface area contributed by atoms with Crippen molar-refractivity contribution in [3.63, 3.8) is 0 Å². The highest BCUT2D eigenvalue weighted by molar-refractivity contribution is 6.42. The summed E-state index contributed by atoms with van der Waals surface area (Å²) in [6.07, 6.45) is 2.69. The number of hydrogen-bond acceptors (Lipinski definition) is 5. The molecule has 2 bridgehead atoms. The first kappa shape index (κ1) is 31.5. The van der Waals surface area contributed by atoms with Gasteiger partial charge in [0.05, 0.1) is 11.1 Å². The molecule has 1 saturated heterocycles. The molecule has 0 radical (unpaired) electrons. The van der Waals surface area contributed by atoms with Crippen LogP contribution < -0.4 is 14.8 Å². The van der Waals surface area contributed by atoms with Gasteiger partial charge in [-0.05, 0) is 85.2 Å². The minimum absolute atomic E-state index is 0.0410. The monoisotopic (exact) mass is 647 g/mol. The standard InChI is InChI=1S/C36H39Cl2N3O4/c1-22-6-4-7-26(23(22)2)19-41(28-12-13-28)36(43)34-30(18-27-20-40(24(3)42)21-32(34)39-27)25-10-14-29(15-11-25)44-16-17-45-33-9-5-8-31(37)35(33)38/h4-11,14-15,27-28,32,39H,12-13,16-21H2,1-3H3/t27-,32-/m1/s1. The van der Waals surface area contributed by atoms with E-state index in [-0.39, 0.29) is 29.9 Å². The van der Waals surface area contributed by atoms with Crippen LogP contribution in [0.25, 0.3) is 5.57 Å². The number of nitrogens with one attached hydrogen (secondary N) is 1. The average Bonchev–Trinajstić information content (AvgIpc) is 3.87. The fraction of sp³-hybridized carbons (Fsp3) is 0.389. The van der Waals surface area contributed by atoms with Gasteiger partial charge < -0.3 is 24.6 Å². The van der Waals surface area contributed by atoms with E-state index >= 15 is 0 Å². The highest BCUT2D eigenvalue weighted by Crippen LogP contribution is 2.38. The number of piperazine rings is 1. The molecule has 2 atom stereocenters. The summed E-state index contributed by atoms with van der Waals surface area (Å²) in [5, 5.41) is 4.51. The van der Waals surface area contributed by atoms with E-state index in [0.29, 0.717) is 60.8 Å². The van der Waals surface area contributed by atoms with Crippen molar-refractivity contribution in [2.75, 3.05) is 26.3 Å². The van der Waals surface area contributed by atoms with Gasteiger partial charge in [-0.15, -0.1) is 0 Å². The van der Waals surface area contributed by atoms with Crippen LogP contribution in [-0.2, 0) is 16.1 Å². The van der Waals surface area contributed by atoms with Crippen LogP contribution in [0.2, 0.25) is 10.0 Å². The number of nitrogens with zero attached hydrogens (tertiary/aromatic N) is 2. The maximum absolute atomic E-state index is 14.6. The number of benzene rings is 3. The van der Waals surface area contributed by atoms with Crippen LogP contribution in [0.1, 0.15) is 48.4 Å². The van der Waals surface area contributed by atoms with E-state index in [1.165, 1.54) is 16.7 Å². The van der Waals surface area contributed by atoms with E-state index in [1.807, 2.05) is 29.2 Å². The van der Waals surface area contributed by atoms with Gasteiger partial charge in [-0.3, -0.25) is 9.59 Å². The summed E-state index contributed by atoms with van der Waals surface area (Å²) in [5.41, 5.74) is 6.45. The zero-order valence-corrected chi connectivity index (χ0v) is 27.5. The maximum Gasteiger partial charge on any atom is 0.252 e. The summed E-state index contributed by atoms with van der Waals surface area (Å²) in [5.74, 6) is 1.33. The van der Waals surface area contributed by atoms with Crippen molar-refractivity contribution in [3.8, 4) is 11.5 Å². The number of hydrogen-bond donors (Lipinski definition) is 1. The maximum atomic E-state index is 14.6. The summed E-state index contributed by atoms with van der Waals surface area (Å²) in [6, 6.07) is 19.6. The van der Waals surface area contributed by atoms with Crippen molar-refractivity contribution in [2.24, 2.45) is 0 Å². The first-order valence-electron chi connectivity index (χ1n) is 15.6. The first-order chi connectivity index (χ1) is 21.7. The summed E-state index contributed by atoms with van der Waals surface area (Å²) in [6.45, 7) is 8.18. The van der Waals surface area contributed by atoms with Crippen LogP contribution in [0.4, 0.5) is 0 Å². The van der Waals surface area contributed by atoms with Crippen LogP contribution in [0.15, 0.2) is 66.2 Å². The second-order valence-corrected chi connectivity index (χ2v) is 13.0. The predicted octanol–water partition coefficient (Wildman–Crippen LogP) is 6.61. The molecule has 1 aliphatic carbocycles. The van der Waals surface area contributed by atoms with E-state index in [1.54, 1.807) is 25.1 Å². The summed E-state index contributed by atoms with van der Waals surface area (Å²) in [7, 11) is 0. The fourth-order valence-corrected chi connectivity index (χ4v) is 6.70. The molecule has 1 N–H and O–H groups in total. The second kappa shape index (κ2) is 13.5. The lowest BCUT2D eigenvalue weighted by Gasteiger charge is -2.44. The molecule has 2 heterocycles. The Morgan fingerprint density at radius 1 is 0.956 bits per heavy atom. The van der Waals surface area contributed by atoms with Crippen LogP contribution in [0, 0.1) is 13.8 Å². The van der Waals surface area contributed by atoms with E-state index in [4.69, 9.17) is 32.7 Å². The molecule has 3 aliphatic rings. The van der Waals surface area contributed by atoms with Gasteiger partial charge in [0.25, 0.3) is 5.91 Å². The summed E-state index contributed by atoms with van der Waals surface area (Å²) < 4.78 is 11.7. The third kappa shape index (κ3) is 7.01. The summed E-state index contributed by atoms with van der Waals surface area (Å²) >= 11 is 12.3. The lowest BCUT2D eigenvalue weighted by Crippen LogP contribution is -2.61. The van der Waals surface area contributed by atoms with Crippen molar-refractivity contribution in [3.05, 3.63) is 98.5 Å². The molecule has 0 unspecified atom stereocenters. The molecule has 1 saturated carbocycles. The lowest BCUT2D eigenvalue weighted by atomic mass is 9.82. The molecule has 0 aromatic heterocycles.